The Labute approximate surface area is 211 Å². The summed E-state index contributed by atoms with van der Waals surface area (Å²) in [5, 5.41) is 2.40. The molecule has 2 amide bonds. The molecular formula is C24H28ClF4N5O2. The highest BCUT2D eigenvalue weighted by atomic mass is 35.5. The van der Waals surface area contributed by atoms with E-state index in [9.17, 15) is 27.2 Å². The number of nitrogens with zero attached hydrogens (tertiary/aromatic N) is 4. The number of hydrogen-bond donors (Lipinski definition) is 1. The molecule has 1 unspecified atom stereocenters. The van der Waals surface area contributed by atoms with Crippen LogP contribution in [-0.2, 0) is 17.9 Å². The van der Waals surface area contributed by atoms with Gasteiger partial charge in [0.05, 0.1) is 29.4 Å². The third kappa shape index (κ3) is 5.08. The third-order valence-electron chi connectivity index (χ3n) is 6.42. The lowest BCUT2D eigenvalue weighted by atomic mass is 9.85. The summed E-state index contributed by atoms with van der Waals surface area (Å²) in [7, 11) is 1.87. The first-order valence-electron chi connectivity index (χ1n) is 11.6. The Balaban J connectivity index is 1.73. The van der Waals surface area contributed by atoms with Crippen LogP contribution in [0.25, 0.3) is 11.4 Å². The number of carbonyl (C=O) groups is 2. The highest BCUT2D eigenvalue weighted by Crippen LogP contribution is 2.33. The van der Waals surface area contributed by atoms with Crippen molar-refractivity contribution >= 4 is 23.4 Å². The first kappa shape index (κ1) is 26.4. The van der Waals surface area contributed by atoms with Gasteiger partial charge >= 0.3 is 0 Å². The maximum absolute atomic E-state index is 14.8. The van der Waals surface area contributed by atoms with Crippen molar-refractivity contribution in [2.45, 2.75) is 52.2 Å². The normalized spacial score (nSPS) is 18.8. The van der Waals surface area contributed by atoms with Crippen LogP contribution in [0.3, 0.4) is 0 Å². The lowest BCUT2D eigenvalue weighted by Gasteiger charge is -2.43. The molecule has 3 heterocycles. The number of halogens is 5. The Hall–Kier alpha value is -2.66. The number of likely N-dealkylation sites (tertiary alicyclic amines) is 1. The highest BCUT2D eigenvalue weighted by Gasteiger charge is 2.49. The minimum atomic E-state index is -2.94. The number of rotatable bonds is 4. The first-order chi connectivity index (χ1) is 16.7. The van der Waals surface area contributed by atoms with Crippen molar-refractivity contribution in [1.29, 1.82) is 0 Å². The van der Waals surface area contributed by atoms with Crippen LogP contribution in [0.2, 0.25) is 5.02 Å². The Kier molecular flexibility index (Phi) is 6.85. The van der Waals surface area contributed by atoms with Crippen LogP contribution >= 0.6 is 11.6 Å². The van der Waals surface area contributed by atoms with Gasteiger partial charge in [-0.05, 0) is 31.5 Å². The fourth-order valence-corrected chi connectivity index (χ4v) is 4.66. The smallest absolute Gasteiger partial charge is 0.282 e. The molecule has 0 bridgehead atoms. The minimum absolute atomic E-state index is 0.0189. The number of nitrogens with one attached hydrogen (secondary N) is 1. The summed E-state index contributed by atoms with van der Waals surface area (Å²) in [6, 6.07) is 0.699. The monoisotopic (exact) mass is 529 g/mol. The van der Waals surface area contributed by atoms with Crippen molar-refractivity contribution in [3.05, 3.63) is 40.2 Å². The van der Waals surface area contributed by atoms with E-state index in [0.717, 1.165) is 11.0 Å². The Morgan fingerprint density at radius 1 is 1.14 bits per heavy atom. The van der Waals surface area contributed by atoms with E-state index < -0.39 is 53.9 Å². The average molecular weight is 530 g/mol. The summed E-state index contributed by atoms with van der Waals surface area (Å²) in [5.41, 5.74) is -0.366. The van der Waals surface area contributed by atoms with Gasteiger partial charge in [0.2, 0.25) is 5.91 Å². The van der Waals surface area contributed by atoms with Gasteiger partial charge in [0.1, 0.15) is 23.5 Å². The first-order valence-corrected chi connectivity index (χ1v) is 12.0. The van der Waals surface area contributed by atoms with Gasteiger partial charge < -0.3 is 19.7 Å². The number of carbonyl (C=O) groups excluding carboxylic acids is 2. The number of hydrogen-bond acceptors (Lipinski definition) is 4. The SMILES string of the molecule is CN1CCCn2c(-c3cc(Cl)c(F)cc3F)nc(C(=O)NC(C(=O)N3CC(F)(F)C3)C(C)(C)C)c2C1. The van der Waals surface area contributed by atoms with Gasteiger partial charge in [0, 0.05) is 19.2 Å². The number of aromatic nitrogens is 2. The van der Waals surface area contributed by atoms with E-state index in [1.165, 1.54) is 0 Å². The topological polar surface area (TPSA) is 70.5 Å². The molecule has 1 aromatic heterocycles. The zero-order valence-corrected chi connectivity index (χ0v) is 21.2. The van der Waals surface area contributed by atoms with E-state index in [1.54, 1.807) is 25.3 Å². The van der Waals surface area contributed by atoms with Gasteiger partial charge in [-0.2, -0.15) is 0 Å². The van der Waals surface area contributed by atoms with Crippen molar-refractivity contribution in [3.63, 3.8) is 0 Å². The lowest BCUT2D eigenvalue weighted by molar-refractivity contribution is -0.169. The molecule has 1 fully saturated rings. The summed E-state index contributed by atoms with van der Waals surface area (Å²) < 4.78 is 57.0. The summed E-state index contributed by atoms with van der Waals surface area (Å²) in [5.74, 6) is -5.92. The standard InChI is InChI=1S/C24H28ClF4N5O2/c1-23(2,3)19(22(36)33-11-24(28,29)12-33)31-21(35)18-17-10-32(4)6-5-7-34(17)20(30-18)13-8-14(25)16(27)9-15(13)26/h8-9,19H,5-7,10-12H2,1-4H3,(H,31,35). The molecule has 0 aliphatic carbocycles. The zero-order valence-electron chi connectivity index (χ0n) is 20.5. The number of imidazole rings is 1. The predicted octanol–water partition coefficient (Wildman–Crippen LogP) is 3.94. The molecule has 1 aromatic carbocycles. The maximum atomic E-state index is 14.8. The van der Waals surface area contributed by atoms with Crippen molar-refractivity contribution in [3.8, 4) is 11.4 Å². The van der Waals surface area contributed by atoms with E-state index in [2.05, 4.69) is 10.3 Å². The molecule has 2 aromatic rings. The lowest BCUT2D eigenvalue weighted by Crippen LogP contribution is -2.64. The van der Waals surface area contributed by atoms with Crippen LogP contribution in [0.1, 0.15) is 43.4 Å². The van der Waals surface area contributed by atoms with E-state index >= 15 is 0 Å². The summed E-state index contributed by atoms with van der Waals surface area (Å²) in [4.78, 5) is 33.9. The molecule has 0 saturated carbocycles. The van der Waals surface area contributed by atoms with Crippen LogP contribution in [0, 0.1) is 17.0 Å². The summed E-state index contributed by atoms with van der Waals surface area (Å²) in [6.45, 7) is 5.21. The second-order valence-corrected chi connectivity index (χ2v) is 10.9. The van der Waals surface area contributed by atoms with Gasteiger partial charge in [0.15, 0.2) is 5.69 Å². The summed E-state index contributed by atoms with van der Waals surface area (Å²) >= 11 is 5.90. The molecule has 2 aliphatic rings. The molecule has 0 spiro atoms. The molecule has 7 nitrogen and oxygen atoms in total. The second kappa shape index (κ2) is 9.33. The molecule has 1 saturated heterocycles. The molecule has 12 heteroatoms. The number of benzene rings is 1. The Bertz CT molecular complexity index is 1200. The van der Waals surface area contributed by atoms with E-state index in [1.807, 2.05) is 11.9 Å². The van der Waals surface area contributed by atoms with Crippen molar-refractivity contribution < 1.29 is 27.2 Å². The Morgan fingerprint density at radius 2 is 1.81 bits per heavy atom. The van der Waals surface area contributed by atoms with Gasteiger partial charge in [-0.1, -0.05) is 32.4 Å². The Morgan fingerprint density at radius 3 is 2.42 bits per heavy atom. The second-order valence-electron chi connectivity index (χ2n) is 10.5. The van der Waals surface area contributed by atoms with Gasteiger partial charge in [-0.25, -0.2) is 22.5 Å². The fraction of sp³-hybridized carbons (Fsp3) is 0.542. The fourth-order valence-electron chi connectivity index (χ4n) is 4.50. The third-order valence-corrected chi connectivity index (χ3v) is 6.71. The van der Waals surface area contributed by atoms with Crippen molar-refractivity contribution in [2.75, 3.05) is 26.7 Å². The van der Waals surface area contributed by atoms with Crippen LogP contribution in [0.15, 0.2) is 12.1 Å². The minimum Gasteiger partial charge on any atom is -0.338 e. The van der Waals surface area contributed by atoms with E-state index in [4.69, 9.17) is 11.6 Å². The molecule has 36 heavy (non-hydrogen) atoms. The molecule has 1 atom stereocenters. The quantitative estimate of drug-likeness (QED) is 0.481. The number of alkyl halides is 2. The molecule has 4 rings (SSSR count). The predicted molar refractivity (Wildman–Crippen MR) is 126 cm³/mol. The highest BCUT2D eigenvalue weighted by molar-refractivity contribution is 6.31. The van der Waals surface area contributed by atoms with E-state index in [0.29, 0.717) is 37.8 Å². The largest absolute Gasteiger partial charge is 0.338 e. The van der Waals surface area contributed by atoms with Crippen LogP contribution in [-0.4, -0.2) is 69.8 Å². The summed E-state index contributed by atoms with van der Waals surface area (Å²) in [6.07, 6.45) is 0.691. The van der Waals surface area contributed by atoms with Gasteiger partial charge in [0.25, 0.3) is 11.8 Å². The molecule has 0 radical (unpaired) electrons. The number of fused-ring (bicyclic) bond motifs is 1. The maximum Gasteiger partial charge on any atom is 0.282 e. The van der Waals surface area contributed by atoms with Crippen LogP contribution in [0.5, 0.6) is 0 Å². The van der Waals surface area contributed by atoms with Crippen LogP contribution in [0.4, 0.5) is 17.6 Å². The molecule has 2 aliphatic heterocycles. The van der Waals surface area contributed by atoms with E-state index in [-0.39, 0.29) is 22.1 Å². The molecule has 196 valence electrons. The average Bonchev–Trinajstić information content (AvgIpc) is 2.97. The molecule has 1 N–H and O–H groups in total. The van der Waals surface area contributed by atoms with Gasteiger partial charge in [-0.3, -0.25) is 9.59 Å². The van der Waals surface area contributed by atoms with Crippen molar-refractivity contribution in [2.24, 2.45) is 5.41 Å². The number of amides is 2. The van der Waals surface area contributed by atoms with Gasteiger partial charge in [-0.15, -0.1) is 0 Å². The van der Waals surface area contributed by atoms with Crippen molar-refractivity contribution in [1.82, 2.24) is 24.7 Å². The van der Waals surface area contributed by atoms with Crippen LogP contribution < -0.4 is 5.32 Å². The zero-order chi connectivity index (χ0) is 26.6. The molecular weight excluding hydrogens is 502 g/mol.